The Kier molecular flexibility index (Phi) is 15.1. The average Bonchev–Trinajstić information content (AvgIpc) is 2.44. The van der Waals surface area contributed by atoms with E-state index in [-0.39, 0.29) is 18.5 Å². The fourth-order valence-corrected chi connectivity index (χ4v) is 3.20. The molecule has 2 atom stereocenters. The van der Waals surface area contributed by atoms with E-state index in [0.717, 1.165) is 4.90 Å². The quantitative estimate of drug-likeness (QED) is 0.280. The molecular weight excluding hydrogens is 366 g/mol. The van der Waals surface area contributed by atoms with Crippen molar-refractivity contribution in [1.29, 1.82) is 0 Å². The summed E-state index contributed by atoms with van der Waals surface area (Å²) in [5, 5.41) is 41.6. The monoisotopic (exact) mass is 397 g/mol. The number of aliphatic carboxylic acids is 4. The van der Waals surface area contributed by atoms with Gasteiger partial charge >= 0.3 is 5.97 Å². The average molecular weight is 397 g/mol. The summed E-state index contributed by atoms with van der Waals surface area (Å²) in [6, 6.07) is -1.25. The van der Waals surface area contributed by atoms with Gasteiger partial charge in [0.1, 0.15) is 0 Å². The molecule has 0 radical (unpaired) electrons. The molecule has 1 fully saturated rings. The highest BCUT2D eigenvalue weighted by molar-refractivity contribution is 5.72. The molecule has 0 aromatic rings. The third-order valence-corrected chi connectivity index (χ3v) is 3.97. The SMILES string of the molecule is O=C([O-])CN(CC(=O)[O-])C1CCCCC1N(CC(=O)[O-])CC(=O)O.[NH4+].[NH4+].[NH4+]. The highest BCUT2D eigenvalue weighted by Gasteiger charge is 2.35. The predicted octanol–water partition coefficient (Wildman–Crippen LogP) is -3.64. The molecule has 13 N–H and O–H groups in total. The van der Waals surface area contributed by atoms with E-state index in [9.17, 15) is 34.5 Å². The molecular formula is C14H31N5O8. The number of nitrogens with zero attached hydrogens (tertiary/aromatic N) is 2. The Morgan fingerprint density at radius 1 is 0.704 bits per heavy atom. The summed E-state index contributed by atoms with van der Waals surface area (Å²) in [5.41, 5.74) is 0. The molecule has 13 nitrogen and oxygen atoms in total. The Hall–Kier alpha value is -2.32. The third kappa shape index (κ3) is 10.4. The van der Waals surface area contributed by atoms with Crippen molar-refractivity contribution >= 4 is 23.9 Å². The highest BCUT2D eigenvalue weighted by atomic mass is 16.4. The maximum atomic E-state index is 11.0. The number of hydrogen-bond donors (Lipinski definition) is 4. The number of carboxylic acids is 4. The molecule has 0 saturated heterocycles. The van der Waals surface area contributed by atoms with Gasteiger partial charge in [-0.3, -0.25) is 14.6 Å². The number of hydrogen-bond acceptors (Lipinski definition) is 9. The van der Waals surface area contributed by atoms with Crippen molar-refractivity contribution in [2.45, 2.75) is 37.8 Å². The molecule has 0 heterocycles. The van der Waals surface area contributed by atoms with Gasteiger partial charge in [-0.05, 0) is 12.8 Å². The Bertz CT molecular complexity index is 428. The van der Waals surface area contributed by atoms with Crippen molar-refractivity contribution in [3.8, 4) is 0 Å². The second kappa shape index (κ2) is 13.8. The van der Waals surface area contributed by atoms with E-state index < -0.39 is 62.1 Å². The minimum atomic E-state index is -1.48. The molecule has 1 aliphatic rings. The van der Waals surface area contributed by atoms with Crippen molar-refractivity contribution < 1.29 is 39.6 Å². The van der Waals surface area contributed by atoms with Crippen molar-refractivity contribution in [3.63, 3.8) is 0 Å². The lowest BCUT2D eigenvalue weighted by atomic mass is 9.87. The van der Waals surface area contributed by atoms with E-state index >= 15 is 0 Å². The second-order valence-corrected chi connectivity index (χ2v) is 5.74. The minimum absolute atomic E-state index is 0. The van der Waals surface area contributed by atoms with Gasteiger partial charge < -0.3 is 53.3 Å². The van der Waals surface area contributed by atoms with Crippen molar-refractivity contribution in [2.24, 2.45) is 0 Å². The van der Waals surface area contributed by atoms with Crippen LogP contribution in [0.1, 0.15) is 25.7 Å². The van der Waals surface area contributed by atoms with Crippen LogP contribution in [0.3, 0.4) is 0 Å². The standard InChI is InChI=1S/C14H22N2O8.3H3N/c17-11(18)5-15(6-12(19)20)9-3-1-2-4-10(9)16(7-13(21)22)8-14(23)24;;;/h9-10H,1-8H2,(H,17,18)(H,19,20)(H,21,22)(H,23,24);3*1H3. The minimum Gasteiger partial charge on any atom is -0.549 e. The fraction of sp³-hybridized carbons (Fsp3) is 0.714. The van der Waals surface area contributed by atoms with E-state index in [1.165, 1.54) is 4.90 Å². The molecule has 27 heavy (non-hydrogen) atoms. The molecule has 0 aromatic heterocycles. The molecule has 0 spiro atoms. The fourth-order valence-electron chi connectivity index (χ4n) is 3.20. The van der Waals surface area contributed by atoms with Crippen LogP contribution in [0.15, 0.2) is 0 Å². The van der Waals surface area contributed by atoms with Crippen LogP contribution in [0, 0.1) is 0 Å². The van der Waals surface area contributed by atoms with Gasteiger partial charge in [0.2, 0.25) is 0 Å². The van der Waals surface area contributed by atoms with Gasteiger partial charge in [-0.1, -0.05) is 12.8 Å². The lowest BCUT2D eigenvalue weighted by Crippen LogP contribution is -2.59. The normalized spacial score (nSPS) is 18.6. The van der Waals surface area contributed by atoms with Crippen LogP contribution < -0.4 is 33.8 Å². The molecule has 0 bridgehead atoms. The van der Waals surface area contributed by atoms with Crippen molar-refractivity contribution in [3.05, 3.63) is 0 Å². The van der Waals surface area contributed by atoms with Gasteiger partial charge in [0.15, 0.2) is 0 Å². The molecule has 0 aromatic carbocycles. The van der Waals surface area contributed by atoms with Gasteiger partial charge in [0.05, 0.1) is 24.5 Å². The Labute approximate surface area is 156 Å². The lowest BCUT2D eigenvalue weighted by Gasteiger charge is -2.45. The zero-order valence-corrected chi connectivity index (χ0v) is 16.0. The smallest absolute Gasteiger partial charge is 0.317 e. The van der Waals surface area contributed by atoms with E-state index in [1.807, 2.05) is 0 Å². The summed E-state index contributed by atoms with van der Waals surface area (Å²) in [7, 11) is 0. The first-order chi connectivity index (χ1) is 11.2. The van der Waals surface area contributed by atoms with Gasteiger partial charge in [-0.15, -0.1) is 0 Å². The van der Waals surface area contributed by atoms with Crippen molar-refractivity contribution in [2.75, 3.05) is 26.2 Å². The van der Waals surface area contributed by atoms with E-state index in [4.69, 9.17) is 5.11 Å². The zero-order chi connectivity index (χ0) is 18.3. The molecule has 0 amide bonds. The first kappa shape index (κ1) is 29.4. The third-order valence-electron chi connectivity index (χ3n) is 3.97. The van der Waals surface area contributed by atoms with Gasteiger partial charge in [0, 0.05) is 31.7 Å². The number of quaternary nitrogens is 3. The van der Waals surface area contributed by atoms with Crippen LogP contribution in [-0.2, 0) is 19.2 Å². The first-order valence-corrected chi connectivity index (χ1v) is 7.50. The highest BCUT2D eigenvalue weighted by Crippen LogP contribution is 2.27. The van der Waals surface area contributed by atoms with Crippen LogP contribution >= 0.6 is 0 Å². The number of carbonyl (C=O) groups is 4. The van der Waals surface area contributed by atoms with Crippen LogP contribution in [0.4, 0.5) is 0 Å². The summed E-state index contributed by atoms with van der Waals surface area (Å²) in [4.78, 5) is 46.0. The molecule has 13 heteroatoms. The van der Waals surface area contributed by atoms with Gasteiger partial charge in [-0.25, -0.2) is 0 Å². The molecule has 2 unspecified atom stereocenters. The van der Waals surface area contributed by atoms with Gasteiger partial charge in [0.25, 0.3) is 0 Å². The number of rotatable bonds is 10. The lowest BCUT2D eigenvalue weighted by molar-refractivity contribution is -0.313. The van der Waals surface area contributed by atoms with Crippen LogP contribution in [0.5, 0.6) is 0 Å². The van der Waals surface area contributed by atoms with Crippen molar-refractivity contribution in [1.82, 2.24) is 28.3 Å². The summed E-state index contributed by atoms with van der Waals surface area (Å²) in [5.74, 6) is -5.67. The maximum absolute atomic E-state index is 11.0. The van der Waals surface area contributed by atoms with E-state index in [1.54, 1.807) is 0 Å². The number of carboxylic acid groups (broad SMARTS) is 4. The van der Waals surface area contributed by atoms with E-state index in [0.29, 0.717) is 25.7 Å². The molecule has 0 aliphatic heterocycles. The largest absolute Gasteiger partial charge is 0.549 e. The summed E-state index contributed by atoms with van der Waals surface area (Å²) in [6.45, 7) is -2.54. The van der Waals surface area contributed by atoms with Crippen LogP contribution in [0.25, 0.3) is 0 Å². The molecule has 160 valence electrons. The van der Waals surface area contributed by atoms with E-state index in [2.05, 4.69) is 0 Å². The van der Waals surface area contributed by atoms with Gasteiger partial charge in [-0.2, -0.15) is 0 Å². The van der Waals surface area contributed by atoms with Crippen LogP contribution in [-0.4, -0.2) is 77.0 Å². The second-order valence-electron chi connectivity index (χ2n) is 5.74. The molecule has 1 rings (SSSR count). The Morgan fingerprint density at radius 2 is 1.00 bits per heavy atom. The topological polar surface area (TPSA) is 274 Å². The molecule has 1 saturated carbocycles. The summed E-state index contributed by atoms with van der Waals surface area (Å²) < 4.78 is 0. The maximum Gasteiger partial charge on any atom is 0.317 e. The van der Waals surface area contributed by atoms with Crippen LogP contribution in [0.2, 0.25) is 0 Å². The number of carbonyl (C=O) groups excluding carboxylic acids is 3. The summed E-state index contributed by atoms with van der Waals surface area (Å²) >= 11 is 0. The predicted molar refractivity (Wildman–Crippen MR) is 89.8 cm³/mol. The molecule has 1 aliphatic carbocycles. The first-order valence-electron chi connectivity index (χ1n) is 7.50. The Balaban J connectivity index is -0.00000192. The zero-order valence-electron chi connectivity index (χ0n) is 16.0. The Morgan fingerprint density at radius 3 is 1.26 bits per heavy atom. The summed E-state index contributed by atoms with van der Waals surface area (Å²) in [6.07, 6.45) is 2.20.